The Balaban J connectivity index is 1.83. The summed E-state index contributed by atoms with van der Waals surface area (Å²) < 4.78 is 5.64. The quantitative estimate of drug-likeness (QED) is 0.420. The summed E-state index contributed by atoms with van der Waals surface area (Å²) >= 11 is 0. The molecular weight excluding hydrogens is 340 g/mol. The van der Waals surface area contributed by atoms with Crippen molar-refractivity contribution < 1.29 is 19.2 Å². The van der Waals surface area contributed by atoms with Gasteiger partial charge in [0.25, 0.3) is 5.69 Å². The molecule has 0 saturated carbocycles. The van der Waals surface area contributed by atoms with E-state index in [1.54, 1.807) is 18.2 Å². The molecule has 2 heterocycles. The van der Waals surface area contributed by atoms with Gasteiger partial charge < -0.3 is 14.8 Å². The van der Waals surface area contributed by atoms with Crippen LogP contribution in [0.1, 0.15) is 10.4 Å². The number of hydrogen-bond donors (Lipinski definition) is 2. The third kappa shape index (κ3) is 2.57. The van der Waals surface area contributed by atoms with Gasteiger partial charge in [0.1, 0.15) is 17.7 Å². The molecule has 0 radical (unpaired) electrons. The smallest absolute Gasteiger partial charge is 0.335 e. The largest absolute Gasteiger partial charge is 0.478 e. The lowest BCUT2D eigenvalue weighted by Gasteiger charge is -2.06. The minimum atomic E-state index is -1.05. The fourth-order valence-corrected chi connectivity index (χ4v) is 2.64. The zero-order valence-corrected chi connectivity index (χ0v) is 13.0. The van der Waals surface area contributed by atoms with Gasteiger partial charge in [-0.1, -0.05) is 0 Å². The molecule has 0 bridgehead atoms. The summed E-state index contributed by atoms with van der Waals surface area (Å²) in [7, 11) is 0. The van der Waals surface area contributed by atoms with Gasteiger partial charge in [-0.05, 0) is 30.3 Å². The normalized spacial score (nSPS) is 10.9. The Bertz CT molecular complexity index is 1170. The van der Waals surface area contributed by atoms with Gasteiger partial charge in [-0.3, -0.25) is 10.1 Å². The molecule has 0 saturated heterocycles. The van der Waals surface area contributed by atoms with Crippen molar-refractivity contribution in [1.82, 2.24) is 9.97 Å². The van der Waals surface area contributed by atoms with Crippen LogP contribution >= 0.6 is 0 Å². The number of nitrogens with one attached hydrogen (secondary N) is 1. The van der Waals surface area contributed by atoms with E-state index in [9.17, 15) is 20.0 Å². The van der Waals surface area contributed by atoms with Gasteiger partial charge in [-0.15, -0.1) is 0 Å². The maximum Gasteiger partial charge on any atom is 0.335 e. The number of fused-ring (bicyclic) bond motifs is 3. The molecule has 26 heavy (non-hydrogen) atoms. The molecule has 4 rings (SSSR count). The predicted octanol–water partition coefficient (Wildman–Crippen LogP) is 3.73. The first-order valence-electron chi connectivity index (χ1n) is 7.45. The molecular formula is C17H10N4O5. The van der Waals surface area contributed by atoms with Crippen molar-refractivity contribution in [1.29, 1.82) is 0 Å². The Kier molecular flexibility index (Phi) is 3.47. The molecule has 2 N–H and O–H groups in total. The van der Waals surface area contributed by atoms with Crippen molar-refractivity contribution in [2.24, 2.45) is 0 Å². The number of carbonyl (C=O) groups is 1. The third-order valence-electron chi connectivity index (χ3n) is 3.86. The first kappa shape index (κ1) is 15.5. The lowest BCUT2D eigenvalue weighted by atomic mass is 10.1. The van der Waals surface area contributed by atoms with Gasteiger partial charge in [0, 0.05) is 23.2 Å². The highest BCUT2D eigenvalue weighted by Crippen LogP contribution is 2.33. The van der Waals surface area contributed by atoms with Gasteiger partial charge in [0.2, 0.25) is 5.71 Å². The number of nitro groups is 1. The SMILES string of the molecule is O=C(O)c1ccc2oc3ncnc(Nc4ccc([N+](=O)[O-])cc4)c3c2c1. The van der Waals surface area contributed by atoms with Gasteiger partial charge in [-0.2, -0.15) is 0 Å². The van der Waals surface area contributed by atoms with Gasteiger partial charge >= 0.3 is 5.97 Å². The number of carboxylic acids is 1. The number of hydrogen-bond acceptors (Lipinski definition) is 7. The molecule has 128 valence electrons. The first-order valence-corrected chi connectivity index (χ1v) is 7.45. The predicted molar refractivity (Wildman–Crippen MR) is 92.6 cm³/mol. The summed E-state index contributed by atoms with van der Waals surface area (Å²) in [5, 5.41) is 24.1. The van der Waals surface area contributed by atoms with E-state index >= 15 is 0 Å². The Morgan fingerprint density at radius 1 is 1.15 bits per heavy atom. The highest BCUT2D eigenvalue weighted by molar-refractivity contribution is 6.11. The van der Waals surface area contributed by atoms with E-state index in [1.165, 1.54) is 30.6 Å². The van der Waals surface area contributed by atoms with Crippen LogP contribution in [0.2, 0.25) is 0 Å². The highest BCUT2D eigenvalue weighted by atomic mass is 16.6. The Morgan fingerprint density at radius 3 is 2.62 bits per heavy atom. The summed E-state index contributed by atoms with van der Waals surface area (Å²) in [6, 6.07) is 10.4. The van der Waals surface area contributed by atoms with Crippen molar-refractivity contribution in [2.75, 3.05) is 5.32 Å². The molecule has 2 aromatic heterocycles. The minimum Gasteiger partial charge on any atom is -0.478 e. The number of nitrogens with zero attached hydrogens (tertiary/aromatic N) is 3. The first-order chi connectivity index (χ1) is 12.5. The zero-order chi connectivity index (χ0) is 18.3. The number of anilines is 2. The van der Waals surface area contributed by atoms with E-state index in [0.29, 0.717) is 33.6 Å². The second-order valence-corrected chi connectivity index (χ2v) is 5.45. The van der Waals surface area contributed by atoms with Gasteiger partial charge in [0.05, 0.1) is 15.9 Å². The van der Waals surface area contributed by atoms with Crippen LogP contribution in [0.5, 0.6) is 0 Å². The topological polar surface area (TPSA) is 131 Å². The molecule has 9 nitrogen and oxygen atoms in total. The minimum absolute atomic E-state index is 0.0248. The van der Waals surface area contributed by atoms with Crippen molar-refractivity contribution >= 4 is 45.2 Å². The average Bonchev–Trinajstić information content (AvgIpc) is 3.00. The standard InChI is InChI=1S/C17H10N4O5/c22-17(23)9-1-6-13-12(7-9)14-15(18-8-19-16(14)26-13)20-10-2-4-11(5-3-10)21(24)25/h1-8H,(H,22,23)(H,18,19,20). The molecule has 0 atom stereocenters. The maximum atomic E-state index is 11.2. The van der Waals surface area contributed by atoms with Crippen molar-refractivity contribution in [3.8, 4) is 0 Å². The summed E-state index contributed by atoms with van der Waals surface area (Å²) in [4.78, 5) is 29.8. The fraction of sp³-hybridized carbons (Fsp3) is 0. The number of non-ortho nitro benzene ring substituents is 1. The Labute approximate surface area is 145 Å². The third-order valence-corrected chi connectivity index (χ3v) is 3.86. The lowest BCUT2D eigenvalue weighted by Crippen LogP contribution is -1.97. The number of furan rings is 1. The van der Waals surface area contributed by atoms with Gasteiger partial charge in [0.15, 0.2) is 0 Å². The highest BCUT2D eigenvalue weighted by Gasteiger charge is 2.16. The van der Waals surface area contributed by atoms with Crippen LogP contribution in [-0.4, -0.2) is 26.0 Å². The van der Waals surface area contributed by atoms with Crippen molar-refractivity contribution in [3.05, 3.63) is 64.5 Å². The van der Waals surface area contributed by atoms with Crippen LogP contribution in [0.25, 0.3) is 22.1 Å². The average molecular weight is 350 g/mol. The van der Waals surface area contributed by atoms with Crippen molar-refractivity contribution in [3.63, 3.8) is 0 Å². The Hall–Kier alpha value is -4.01. The van der Waals surface area contributed by atoms with Crippen LogP contribution in [0.15, 0.2) is 53.2 Å². The number of nitro benzene ring substituents is 1. The van der Waals surface area contributed by atoms with E-state index in [-0.39, 0.29) is 11.3 Å². The molecule has 0 amide bonds. The summed E-state index contributed by atoms with van der Waals surface area (Å²) in [6.07, 6.45) is 1.32. The number of aromatic nitrogens is 2. The number of rotatable bonds is 4. The van der Waals surface area contributed by atoms with E-state index in [1.807, 2.05) is 0 Å². The van der Waals surface area contributed by atoms with Crippen LogP contribution < -0.4 is 5.32 Å². The molecule has 9 heteroatoms. The second kappa shape index (κ2) is 5.81. The number of carboxylic acid groups (broad SMARTS) is 1. The molecule has 4 aromatic rings. The lowest BCUT2D eigenvalue weighted by molar-refractivity contribution is -0.384. The molecule has 0 aliphatic heterocycles. The maximum absolute atomic E-state index is 11.2. The molecule has 0 aliphatic rings. The monoisotopic (exact) mass is 350 g/mol. The zero-order valence-electron chi connectivity index (χ0n) is 13.0. The van der Waals surface area contributed by atoms with Crippen LogP contribution in [0.4, 0.5) is 17.2 Å². The van der Waals surface area contributed by atoms with E-state index in [0.717, 1.165) is 0 Å². The van der Waals surface area contributed by atoms with E-state index in [2.05, 4.69) is 15.3 Å². The number of aromatic carboxylic acids is 1. The van der Waals surface area contributed by atoms with Crippen molar-refractivity contribution in [2.45, 2.75) is 0 Å². The van der Waals surface area contributed by atoms with Crippen LogP contribution in [0.3, 0.4) is 0 Å². The molecule has 2 aromatic carbocycles. The molecule has 0 unspecified atom stereocenters. The number of benzene rings is 2. The fourth-order valence-electron chi connectivity index (χ4n) is 2.64. The summed E-state index contributed by atoms with van der Waals surface area (Å²) in [5.74, 6) is -0.645. The summed E-state index contributed by atoms with van der Waals surface area (Å²) in [6.45, 7) is 0. The molecule has 0 spiro atoms. The Morgan fingerprint density at radius 2 is 1.92 bits per heavy atom. The van der Waals surface area contributed by atoms with Crippen LogP contribution in [0, 0.1) is 10.1 Å². The van der Waals surface area contributed by atoms with E-state index < -0.39 is 10.9 Å². The molecule has 0 aliphatic carbocycles. The van der Waals surface area contributed by atoms with E-state index in [4.69, 9.17) is 4.42 Å². The summed E-state index contributed by atoms with van der Waals surface area (Å²) in [5.41, 5.74) is 1.46. The van der Waals surface area contributed by atoms with Gasteiger partial charge in [-0.25, -0.2) is 14.8 Å². The second-order valence-electron chi connectivity index (χ2n) is 5.45. The molecule has 0 fully saturated rings. The van der Waals surface area contributed by atoms with Crippen LogP contribution in [-0.2, 0) is 0 Å².